The summed E-state index contributed by atoms with van der Waals surface area (Å²) in [4.78, 5) is 0. The second kappa shape index (κ2) is 14.5. The van der Waals surface area contributed by atoms with Crippen LogP contribution in [0.25, 0.3) is 0 Å². The van der Waals surface area contributed by atoms with Crippen LogP contribution in [0, 0.1) is 0 Å². The first-order valence-electron chi connectivity index (χ1n) is 9.74. The number of benzene rings is 1. The molecule has 0 atom stereocenters. The molecule has 0 aliphatic carbocycles. The Bertz CT molecular complexity index is 418. The van der Waals surface area contributed by atoms with Crippen LogP contribution in [0.3, 0.4) is 0 Å². The second-order valence-electron chi connectivity index (χ2n) is 6.96. The Kier molecular flexibility index (Phi) is 14.2. The highest BCUT2D eigenvalue weighted by Gasteiger charge is 2.26. The lowest BCUT2D eigenvalue weighted by atomic mass is 9.92. The van der Waals surface area contributed by atoms with Crippen LogP contribution in [-0.2, 0) is 12.8 Å². The first-order chi connectivity index (χ1) is 11.7. The van der Waals surface area contributed by atoms with Crippen molar-refractivity contribution in [3.8, 4) is 0 Å². The molecule has 0 unspecified atom stereocenters. The van der Waals surface area contributed by atoms with Crippen LogP contribution >= 0.6 is 12.4 Å². The molecule has 3 nitrogen and oxygen atoms in total. The van der Waals surface area contributed by atoms with Crippen LogP contribution in [0.5, 0.6) is 0 Å². The molecule has 0 saturated carbocycles. The van der Waals surface area contributed by atoms with Crippen LogP contribution in [0.15, 0.2) is 24.3 Å². The van der Waals surface area contributed by atoms with Crippen molar-refractivity contribution in [1.29, 1.82) is 0 Å². The monoisotopic (exact) mass is 371 g/mol. The lowest BCUT2D eigenvalue weighted by Crippen LogP contribution is -2.52. The molecule has 0 bridgehead atoms. The van der Waals surface area contributed by atoms with Gasteiger partial charge in [-0.1, -0.05) is 70.2 Å². The van der Waals surface area contributed by atoms with Crippen molar-refractivity contribution in [3.05, 3.63) is 35.4 Å². The van der Waals surface area contributed by atoms with Gasteiger partial charge in [-0.25, -0.2) is 0 Å². The fraction of sp³-hybridized carbons (Fsp3) is 0.714. The maximum atomic E-state index is 9.58. The van der Waals surface area contributed by atoms with Gasteiger partial charge in [0.25, 0.3) is 0 Å². The van der Waals surface area contributed by atoms with Crippen LogP contribution in [0.1, 0.15) is 69.9 Å². The van der Waals surface area contributed by atoms with E-state index in [-0.39, 0.29) is 25.6 Å². The summed E-state index contributed by atoms with van der Waals surface area (Å²) in [5, 5.41) is 22.4. The fourth-order valence-corrected chi connectivity index (χ4v) is 3.15. The third-order valence-electron chi connectivity index (χ3n) is 4.89. The van der Waals surface area contributed by atoms with Gasteiger partial charge in [0.2, 0.25) is 0 Å². The number of nitrogens with one attached hydrogen (secondary N) is 1. The zero-order chi connectivity index (χ0) is 17.7. The first-order valence-corrected chi connectivity index (χ1v) is 9.74. The predicted octanol–water partition coefficient (Wildman–Crippen LogP) is 4.28. The number of aryl methyl sites for hydroxylation is 2. The highest BCUT2D eigenvalue weighted by atomic mass is 35.5. The van der Waals surface area contributed by atoms with E-state index in [9.17, 15) is 10.2 Å². The minimum absolute atomic E-state index is 0. The van der Waals surface area contributed by atoms with Gasteiger partial charge in [-0.3, -0.25) is 0 Å². The number of aliphatic hydroxyl groups is 2. The van der Waals surface area contributed by atoms with Crippen molar-refractivity contribution < 1.29 is 10.2 Å². The Morgan fingerprint density at radius 1 is 0.800 bits per heavy atom. The van der Waals surface area contributed by atoms with Gasteiger partial charge in [-0.05, 0) is 43.4 Å². The molecular weight excluding hydrogens is 334 g/mol. The van der Waals surface area contributed by atoms with Crippen molar-refractivity contribution in [1.82, 2.24) is 5.32 Å². The van der Waals surface area contributed by atoms with Gasteiger partial charge < -0.3 is 15.5 Å². The molecule has 0 aliphatic rings. The molecule has 0 spiro atoms. The van der Waals surface area contributed by atoms with E-state index < -0.39 is 5.54 Å². The molecule has 0 aliphatic heterocycles. The molecule has 1 aromatic rings. The molecule has 0 radical (unpaired) electrons. The van der Waals surface area contributed by atoms with E-state index in [1.807, 2.05) is 6.92 Å². The smallest absolute Gasteiger partial charge is 0.0651 e. The number of likely N-dealkylation sites (N-methyl/N-ethyl adjacent to an activating group) is 1. The van der Waals surface area contributed by atoms with Crippen molar-refractivity contribution in [2.45, 2.75) is 77.2 Å². The van der Waals surface area contributed by atoms with Crippen molar-refractivity contribution in [2.24, 2.45) is 0 Å². The molecule has 1 rings (SSSR count). The Hall–Kier alpha value is -0.610. The van der Waals surface area contributed by atoms with Crippen molar-refractivity contribution in [2.75, 3.05) is 19.8 Å². The number of hydrogen-bond acceptors (Lipinski definition) is 3. The molecule has 146 valence electrons. The number of hydrogen-bond donors (Lipinski definition) is 3. The minimum Gasteiger partial charge on any atom is -0.394 e. The number of rotatable bonds is 14. The lowest BCUT2D eigenvalue weighted by Gasteiger charge is -2.30. The number of unbranched alkanes of at least 4 members (excludes halogenated alkanes) is 5. The summed E-state index contributed by atoms with van der Waals surface area (Å²) in [6, 6.07) is 8.85. The van der Waals surface area contributed by atoms with E-state index in [1.165, 1.54) is 56.1 Å². The van der Waals surface area contributed by atoms with Gasteiger partial charge in [-0.2, -0.15) is 0 Å². The SMILES string of the molecule is CCCCCCCCc1ccc(CCC(CO)(CO)NCC)cc1.Cl. The van der Waals surface area contributed by atoms with E-state index in [0.29, 0.717) is 0 Å². The zero-order valence-corrected chi connectivity index (χ0v) is 16.9. The maximum absolute atomic E-state index is 9.58. The maximum Gasteiger partial charge on any atom is 0.0651 e. The summed E-state index contributed by atoms with van der Waals surface area (Å²) in [5.74, 6) is 0. The van der Waals surface area contributed by atoms with Gasteiger partial charge in [-0.15, -0.1) is 12.4 Å². The van der Waals surface area contributed by atoms with Crippen LogP contribution in [0.2, 0.25) is 0 Å². The predicted molar refractivity (Wildman–Crippen MR) is 110 cm³/mol. The lowest BCUT2D eigenvalue weighted by molar-refractivity contribution is 0.0858. The highest BCUT2D eigenvalue weighted by Crippen LogP contribution is 2.16. The molecule has 0 heterocycles. The van der Waals surface area contributed by atoms with Crippen LogP contribution in [0.4, 0.5) is 0 Å². The van der Waals surface area contributed by atoms with Gasteiger partial charge in [0.1, 0.15) is 0 Å². The molecule has 0 fully saturated rings. The summed E-state index contributed by atoms with van der Waals surface area (Å²) in [7, 11) is 0. The van der Waals surface area contributed by atoms with Crippen molar-refractivity contribution in [3.63, 3.8) is 0 Å². The standard InChI is InChI=1S/C21H37NO2.ClH/c1-3-5-6-7-8-9-10-19-11-13-20(14-12-19)15-16-21(17-23,18-24)22-4-2;/h11-14,22-24H,3-10,15-18H2,1-2H3;1H. The second-order valence-corrected chi connectivity index (χ2v) is 6.96. The molecule has 1 aromatic carbocycles. The third kappa shape index (κ3) is 9.60. The average Bonchev–Trinajstić information content (AvgIpc) is 2.63. The molecule has 0 amide bonds. The first kappa shape index (κ1) is 24.4. The number of aliphatic hydroxyl groups excluding tert-OH is 2. The minimum atomic E-state index is -0.564. The molecule has 4 heteroatoms. The van der Waals surface area contributed by atoms with E-state index >= 15 is 0 Å². The summed E-state index contributed by atoms with van der Waals surface area (Å²) in [6.45, 7) is 4.93. The summed E-state index contributed by atoms with van der Waals surface area (Å²) >= 11 is 0. The molecular formula is C21H38ClNO2. The largest absolute Gasteiger partial charge is 0.394 e. The molecule has 0 aromatic heterocycles. The quantitative estimate of drug-likeness (QED) is 0.428. The molecule has 0 saturated heterocycles. The van der Waals surface area contributed by atoms with Gasteiger partial charge in [0.05, 0.1) is 18.8 Å². The Labute approximate surface area is 160 Å². The van der Waals surface area contributed by atoms with Crippen LogP contribution in [-0.4, -0.2) is 35.5 Å². The average molecular weight is 372 g/mol. The summed E-state index contributed by atoms with van der Waals surface area (Å²) < 4.78 is 0. The third-order valence-corrected chi connectivity index (χ3v) is 4.89. The topological polar surface area (TPSA) is 52.5 Å². The zero-order valence-electron chi connectivity index (χ0n) is 16.1. The molecule has 3 N–H and O–H groups in total. The van der Waals surface area contributed by atoms with E-state index in [0.717, 1.165) is 19.4 Å². The summed E-state index contributed by atoms with van der Waals surface area (Å²) in [5.41, 5.74) is 2.12. The molecule has 25 heavy (non-hydrogen) atoms. The Morgan fingerprint density at radius 3 is 1.84 bits per heavy atom. The van der Waals surface area contributed by atoms with Gasteiger partial charge in [0, 0.05) is 0 Å². The van der Waals surface area contributed by atoms with Crippen molar-refractivity contribution >= 4 is 12.4 Å². The van der Waals surface area contributed by atoms with Crippen LogP contribution < -0.4 is 5.32 Å². The van der Waals surface area contributed by atoms with Gasteiger partial charge in [0.15, 0.2) is 0 Å². The van der Waals surface area contributed by atoms with E-state index in [1.54, 1.807) is 0 Å². The van der Waals surface area contributed by atoms with Gasteiger partial charge >= 0.3 is 0 Å². The number of halogens is 1. The van der Waals surface area contributed by atoms with E-state index in [2.05, 4.69) is 36.5 Å². The fourth-order valence-electron chi connectivity index (χ4n) is 3.15. The normalized spacial score (nSPS) is 11.4. The Balaban J connectivity index is 0.00000576. The summed E-state index contributed by atoms with van der Waals surface area (Å²) in [6.07, 6.45) is 10.8. The Morgan fingerprint density at radius 2 is 1.32 bits per heavy atom. The highest BCUT2D eigenvalue weighted by molar-refractivity contribution is 5.85. The van der Waals surface area contributed by atoms with E-state index in [4.69, 9.17) is 0 Å².